The van der Waals surface area contributed by atoms with Crippen molar-refractivity contribution >= 4 is 20.9 Å². The van der Waals surface area contributed by atoms with Gasteiger partial charge in [0.2, 0.25) is 0 Å². The van der Waals surface area contributed by atoms with Gasteiger partial charge in [-0.3, -0.25) is 9.36 Å². The van der Waals surface area contributed by atoms with Crippen LogP contribution in [0.1, 0.15) is 85.5 Å². The van der Waals surface area contributed by atoms with E-state index in [4.69, 9.17) is 0 Å². The summed E-state index contributed by atoms with van der Waals surface area (Å²) in [5, 5.41) is 0.822. The molecule has 0 N–H and O–H groups in total. The summed E-state index contributed by atoms with van der Waals surface area (Å²) >= 11 is 0. The molecule has 6 nitrogen and oxygen atoms in total. The standard InChI is InChI=1S/C27H32FN3O3S/c1-16(20-6-5-7-21(17(20)2)18(3)28)12-24-23-13-22(26(32)31(4)25(23)30-15-29-24)19-8-11-35(33,34)27(14-19)9-10-27/h5-7,13,15-16,18-19H,8-12,14H2,1-4H3/t16-,18?,19?/m0/s1. The third-order valence-corrected chi connectivity index (χ3v) is 10.9. The quantitative estimate of drug-likeness (QED) is 0.504. The number of sulfone groups is 1. The van der Waals surface area contributed by atoms with E-state index in [1.54, 1.807) is 18.5 Å². The van der Waals surface area contributed by atoms with E-state index in [0.717, 1.165) is 22.2 Å². The van der Waals surface area contributed by atoms with Gasteiger partial charge < -0.3 is 0 Å². The smallest absolute Gasteiger partial charge is 0.255 e. The number of pyridine rings is 1. The maximum Gasteiger partial charge on any atom is 0.255 e. The van der Waals surface area contributed by atoms with Gasteiger partial charge in [0.15, 0.2) is 9.84 Å². The Morgan fingerprint density at radius 1 is 1.20 bits per heavy atom. The van der Waals surface area contributed by atoms with Gasteiger partial charge >= 0.3 is 0 Å². The molecule has 5 rings (SSSR count). The molecule has 0 amide bonds. The van der Waals surface area contributed by atoms with Crippen molar-refractivity contribution in [1.29, 1.82) is 0 Å². The summed E-state index contributed by atoms with van der Waals surface area (Å²) in [6, 6.07) is 7.67. The summed E-state index contributed by atoms with van der Waals surface area (Å²) in [6.45, 7) is 5.62. The highest BCUT2D eigenvalue weighted by molar-refractivity contribution is 7.93. The van der Waals surface area contributed by atoms with E-state index in [9.17, 15) is 17.6 Å². The second kappa shape index (κ2) is 8.50. The van der Waals surface area contributed by atoms with Gasteiger partial charge in [-0.25, -0.2) is 22.8 Å². The van der Waals surface area contributed by atoms with Crippen LogP contribution >= 0.6 is 0 Å². The van der Waals surface area contributed by atoms with Crippen molar-refractivity contribution in [2.75, 3.05) is 5.75 Å². The molecule has 1 saturated heterocycles. The van der Waals surface area contributed by atoms with Crippen molar-refractivity contribution in [2.24, 2.45) is 7.05 Å². The molecule has 1 spiro atoms. The molecule has 3 heterocycles. The van der Waals surface area contributed by atoms with Crippen molar-refractivity contribution in [3.8, 4) is 0 Å². The van der Waals surface area contributed by atoms with Crippen molar-refractivity contribution in [3.05, 3.63) is 68.9 Å². The Kier molecular flexibility index (Phi) is 5.86. The number of aryl methyl sites for hydroxylation is 1. The van der Waals surface area contributed by atoms with Crippen LogP contribution in [0, 0.1) is 6.92 Å². The highest BCUT2D eigenvalue weighted by Crippen LogP contribution is 2.54. The molecular weight excluding hydrogens is 465 g/mol. The van der Waals surface area contributed by atoms with E-state index in [-0.39, 0.29) is 23.1 Å². The topological polar surface area (TPSA) is 81.9 Å². The van der Waals surface area contributed by atoms with Crippen molar-refractivity contribution in [2.45, 2.75) is 75.6 Å². The van der Waals surface area contributed by atoms with Crippen LogP contribution in [0.15, 0.2) is 35.4 Å². The third kappa shape index (κ3) is 3.99. The van der Waals surface area contributed by atoms with Gasteiger partial charge in [-0.1, -0.05) is 25.1 Å². The van der Waals surface area contributed by atoms with Gasteiger partial charge in [-0.05, 0) is 80.5 Å². The first-order chi connectivity index (χ1) is 16.5. The van der Waals surface area contributed by atoms with Crippen LogP contribution in [0.25, 0.3) is 11.0 Å². The number of aromatic nitrogens is 3. The second-order valence-corrected chi connectivity index (χ2v) is 13.0. The number of rotatable bonds is 5. The lowest BCUT2D eigenvalue weighted by Gasteiger charge is -2.29. The van der Waals surface area contributed by atoms with Crippen LogP contribution in [0.4, 0.5) is 4.39 Å². The maximum atomic E-state index is 14.1. The molecular formula is C27H32FN3O3S. The summed E-state index contributed by atoms with van der Waals surface area (Å²) in [4.78, 5) is 22.3. The minimum atomic E-state index is -3.09. The van der Waals surface area contributed by atoms with Crippen LogP contribution in [0.3, 0.4) is 0 Å². The Balaban J connectivity index is 1.54. The minimum absolute atomic E-state index is 0.0837. The Morgan fingerprint density at radius 2 is 1.91 bits per heavy atom. The SMILES string of the molecule is Cc1c(C(C)F)cccc1[C@@H](C)Cc1ncnc2c1cc(C1CCS(=O)(=O)C3(CC3)C1)c(=O)n2C. The van der Waals surface area contributed by atoms with Crippen LogP contribution in [-0.4, -0.2) is 33.5 Å². The lowest BCUT2D eigenvalue weighted by molar-refractivity contribution is 0.372. The second-order valence-electron chi connectivity index (χ2n) is 10.5. The van der Waals surface area contributed by atoms with Crippen molar-refractivity contribution in [3.63, 3.8) is 0 Å². The van der Waals surface area contributed by atoms with Gasteiger partial charge in [0.25, 0.3) is 5.56 Å². The first-order valence-electron chi connectivity index (χ1n) is 12.3. The molecule has 35 heavy (non-hydrogen) atoms. The molecule has 1 aromatic carbocycles. The molecule has 3 atom stereocenters. The Morgan fingerprint density at radius 3 is 2.60 bits per heavy atom. The predicted octanol–water partition coefficient (Wildman–Crippen LogP) is 4.84. The lowest BCUT2D eigenvalue weighted by atomic mass is 9.87. The van der Waals surface area contributed by atoms with E-state index in [0.29, 0.717) is 48.9 Å². The van der Waals surface area contributed by atoms with E-state index in [2.05, 4.69) is 16.9 Å². The molecule has 186 valence electrons. The van der Waals surface area contributed by atoms with E-state index in [1.807, 2.05) is 31.2 Å². The van der Waals surface area contributed by atoms with Gasteiger partial charge in [0.1, 0.15) is 18.1 Å². The van der Waals surface area contributed by atoms with Crippen LogP contribution < -0.4 is 5.56 Å². The number of fused-ring (bicyclic) bond motifs is 1. The fourth-order valence-electron chi connectivity index (χ4n) is 5.95. The molecule has 2 unspecified atom stereocenters. The zero-order valence-electron chi connectivity index (χ0n) is 20.7. The molecule has 0 radical (unpaired) electrons. The fourth-order valence-corrected chi connectivity index (χ4v) is 8.15. The number of alkyl halides is 1. The van der Waals surface area contributed by atoms with Crippen molar-refractivity contribution in [1.82, 2.24) is 14.5 Å². The summed E-state index contributed by atoms with van der Waals surface area (Å²) in [5.74, 6) is 0.137. The normalized spacial score (nSPS) is 22.3. The van der Waals surface area contributed by atoms with Gasteiger partial charge in [0, 0.05) is 18.0 Å². The predicted molar refractivity (Wildman–Crippen MR) is 135 cm³/mol. The third-order valence-electron chi connectivity index (χ3n) is 8.25. The number of benzene rings is 1. The molecule has 1 aliphatic heterocycles. The average molecular weight is 498 g/mol. The zero-order chi connectivity index (χ0) is 25.1. The van der Waals surface area contributed by atoms with Gasteiger partial charge in [-0.2, -0.15) is 0 Å². The summed E-state index contributed by atoms with van der Waals surface area (Å²) in [5.41, 5.74) is 4.69. The van der Waals surface area contributed by atoms with Crippen molar-refractivity contribution < 1.29 is 12.8 Å². The fraction of sp³-hybridized carbons (Fsp3) is 0.519. The van der Waals surface area contributed by atoms with Crippen LogP contribution in [0.2, 0.25) is 0 Å². The average Bonchev–Trinajstić information content (AvgIpc) is 3.59. The molecule has 2 fully saturated rings. The molecule has 1 aliphatic carbocycles. The largest absolute Gasteiger partial charge is 0.295 e. The molecule has 2 aliphatic rings. The van der Waals surface area contributed by atoms with E-state index < -0.39 is 20.8 Å². The van der Waals surface area contributed by atoms with Gasteiger partial charge in [0.05, 0.1) is 16.2 Å². The number of hydrogen-bond acceptors (Lipinski definition) is 5. The number of hydrogen-bond donors (Lipinski definition) is 0. The Hall–Kier alpha value is -2.61. The zero-order valence-corrected chi connectivity index (χ0v) is 21.5. The monoisotopic (exact) mass is 497 g/mol. The number of nitrogens with zero attached hydrogens (tertiary/aromatic N) is 3. The molecule has 3 aromatic rings. The Bertz CT molecular complexity index is 1480. The first-order valence-corrected chi connectivity index (χ1v) is 14.0. The first kappa shape index (κ1) is 24.1. The summed E-state index contributed by atoms with van der Waals surface area (Å²) in [6.07, 6.45) is 3.45. The molecule has 2 aromatic heterocycles. The van der Waals surface area contributed by atoms with E-state index >= 15 is 0 Å². The lowest BCUT2D eigenvalue weighted by Crippen LogP contribution is -2.36. The van der Waals surface area contributed by atoms with E-state index in [1.165, 1.54) is 6.33 Å². The van der Waals surface area contributed by atoms with Gasteiger partial charge in [-0.15, -0.1) is 0 Å². The summed E-state index contributed by atoms with van der Waals surface area (Å²) in [7, 11) is -1.37. The Labute approximate surface area is 205 Å². The summed E-state index contributed by atoms with van der Waals surface area (Å²) < 4.78 is 40.2. The highest BCUT2D eigenvalue weighted by Gasteiger charge is 2.57. The highest BCUT2D eigenvalue weighted by atomic mass is 32.2. The molecule has 0 bridgehead atoms. The number of halogens is 1. The van der Waals surface area contributed by atoms with Crippen LogP contribution in [0.5, 0.6) is 0 Å². The molecule has 8 heteroatoms. The van der Waals surface area contributed by atoms with Crippen LogP contribution in [-0.2, 0) is 23.3 Å². The minimum Gasteiger partial charge on any atom is -0.295 e. The maximum absolute atomic E-state index is 14.1. The molecule has 1 saturated carbocycles.